The minimum absolute atomic E-state index is 0.193. The Morgan fingerprint density at radius 2 is 2.07 bits per heavy atom. The number of carbonyl (C=O) groups excluding carboxylic acids is 1. The van der Waals surface area contributed by atoms with Crippen molar-refractivity contribution in [2.75, 3.05) is 0 Å². The van der Waals surface area contributed by atoms with Crippen molar-refractivity contribution in [3.05, 3.63) is 12.7 Å². The summed E-state index contributed by atoms with van der Waals surface area (Å²) < 4.78 is 0. The third-order valence-electron chi connectivity index (χ3n) is 2.23. The summed E-state index contributed by atoms with van der Waals surface area (Å²) in [5.74, 6) is -1.56. The lowest BCUT2D eigenvalue weighted by Crippen LogP contribution is -2.57. The average molecular weight is 199 g/mol. The van der Waals surface area contributed by atoms with E-state index in [2.05, 4.69) is 11.9 Å². The summed E-state index contributed by atoms with van der Waals surface area (Å²) in [6.07, 6.45) is 1.73. The smallest absolute Gasteiger partial charge is 0.330 e. The topological polar surface area (TPSA) is 66.4 Å². The Labute approximate surface area is 84.0 Å². The first-order valence-corrected chi connectivity index (χ1v) is 4.50. The Bertz CT molecular complexity index is 248. The summed E-state index contributed by atoms with van der Waals surface area (Å²) in [4.78, 5) is 22.1. The lowest BCUT2D eigenvalue weighted by molar-refractivity contribution is -0.149. The zero-order chi connectivity index (χ0) is 11.4. The third kappa shape index (κ3) is 2.58. The highest BCUT2D eigenvalue weighted by Crippen LogP contribution is 2.22. The summed E-state index contributed by atoms with van der Waals surface area (Å²) in [6, 6.07) is 0. The Morgan fingerprint density at radius 3 is 2.29 bits per heavy atom. The molecule has 0 unspecified atom stereocenters. The molecule has 0 saturated carbocycles. The van der Waals surface area contributed by atoms with E-state index in [1.165, 1.54) is 13.0 Å². The maximum Gasteiger partial charge on any atom is 0.330 e. The summed E-state index contributed by atoms with van der Waals surface area (Å²) >= 11 is 0. The molecule has 0 aromatic heterocycles. The molecule has 0 aliphatic rings. The van der Waals surface area contributed by atoms with Crippen LogP contribution in [0.15, 0.2) is 12.7 Å². The number of carboxylic acids is 1. The normalized spacial score (nSPS) is 14.6. The quantitative estimate of drug-likeness (QED) is 0.653. The van der Waals surface area contributed by atoms with E-state index in [9.17, 15) is 9.59 Å². The van der Waals surface area contributed by atoms with Gasteiger partial charge in [-0.3, -0.25) is 4.79 Å². The molecule has 0 spiro atoms. The molecule has 14 heavy (non-hydrogen) atoms. The molecule has 0 aromatic carbocycles. The molecule has 80 valence electrons. The van der Waals surface area contributed by atoms with Gasteiger partial charge in [-0.1, -0.05) is 19.9 Å². The van der Waals surface area contributed by atoms with Crippen molar-refractivity contribution in [1.29, 1.82) is 0 Å². The molecule has 4 heteroatoms. The van der Waals surface area contributed by atoms with Crippen LogP contribution in [0.3, 0.4) is 0 Å². The van der Waals surface area contributed by atoms with Crippen LogP contribution in [0.5, 0.6) is 0 Å². The molecule has 4 nitrogen and oxygen atoms in total. The van der Waals surface area contributed by atoms with Gasteiger partial charge in [-0.15, -0.1) is 6.58 Å². The first kappa shape index (κ1) is 12.7. The molecule has 0 saturated heterocycles. The van der Waals surface area contributed by atoms with Crippen LogP contribution in [0.1, 0.15) is 27.2 Å². The second-order valence-corrected chi connectivity index (χ2v) is 3.61. The number of hydrogen-bond acceptors (Lipinski definition) is 2. The fraction of sp³-hybridized carbons (Fsp3) is 0.600. The van der Waals surface area contributed by atoms with Crippen molar-refractivity contribution in [2.45, 2.75) is 32.7 Å². The van der Waals surface area contributed by atoms with Gasteiger partial charge < -0.3 is 10.4 Å². The summed E-state index contributed by atoms with van der Waals surface area (Å²) in [5, 5.41) is 11.6. The predicted molar refractivity (Wildman–Crippen MR) is 53.8 cm³/mol. The summed E-state index contributed by atoms with van der Waals surface area (Å²) in [5.41, 5.74) is -1.23. The van der Waals surface area contributed by atoms with Crippen molar-refractivity contribution in [1.82, 2.24) is 5.32 Å². The zero-order valence-corrected chi connectivity index (χ0v) is 8.83. The van der Waals surface area contributed by atoms with Crippen LogP contribution in [-0.4, -0.2) is 22.5 Å². The largest absolute Gasteiger partial charge is 0.479 e. The van der Waals surface area contributed by atoms with Gasteiger partial charge in [0.05, 0.1) is 0 Å². The van der Waals surface area contributed by atoms with Crippen LogP contribution in [0, 0.1) is 5.92 Å². The van der Waals surface area contributed by atoms with E-state index < -0.39 is 11.5 Å². The fourth-order valence-electron chi connectivity index (χ4n) is 1.36. The Kier molecular flexibility index (Phi) is 4.34. The van der Waals surface area contributed by atoms with Crippen LogP contribution in [0.2, 0.25) is 0 Å². The molecule has 0 heterocycles. The molecule has 0 bridgehead atoms. The van der Waals surface area contributed by atoms with Gasteiger partial charge in [0.15, 0.2) is 0 Å². The van der Waals surface area contributed by atoms with Crippen molar-refractivity contribution < 1.29 is 14.7 Å². The molecular formula is C10H17NO3. The number of amides is 1. The molecule has 0 radical (unpaired) electrons. The van der Waals surface area contributed by atoms with Gasteiger partial charge >= 0.3 is 5.97 Å². The fourth-order valence-corrected chi connectivity index (χ4v) is 1.36. The number of carbonyl (C=O) groups is 2. The number of hydrogen-bond donors (Lipinski definition) is 2. The van der Waals surface area contributed by atoms with E-state index in [0.717, 1.165) is 0 Å². The van der Waals surface area contributed by atoms with Gasteiger partial charge in [-0.05, 0) is 12.3 Å². The molecule has 0 aliphatic carbocycles. The summed E-state index contributed by atoms with van der Waals surface area (Å²) in [6.45, 7) is 8.33. The van der Waals surface area contributed by atoms with Gasteiger partial charge in [0, 0.05) is 6.92 Å². The summed E-state index contributed by atoms with van der Waals surface area (Å²) in [7, 11) is 0. The highest BCUT2D eigenvalue weighted by molar-refractivity contribution is 5.86. The first-order chi connectivity index (χ1) is 6.36. The van der Waals surface area contributed by atoms with Gasteiger partial charge in [0.1, 0.15) is 5.54 Å². The first-order valence-electron chi connectivity index (χ1n) is 4.50. The third-order valence-corrected chi connectivity index (χ3v) is 2.23. The molecule has 1 amide bonds. The van der Waals surface area contributed by atoms with Gasteiger partial charge in [-0.25, -0.2) is 4.79 Å². The van der Waals surface area contributed by atoms with Crippen LogP contribution in [-0.2, 0) is 9.59 Å². The van der Waals surface area contributed by atoms with E-state index in [4.69, 9.17) is 5.11 Å². The molecule has 2 N–H and O–H groups in total. The van der Waals surface area contributed by atoms with Crippen molar-refractivity contribution in [3.8, 4) is 0 Å². The minimum atomic E-state index is -1.23. The van der Waals surface area contributed by atoms with Gasteiger partial charge in [0.25, 0.3) is 0 Å². The Balaban J connectivity index is 5.03. The zero-order valence-electron chi connectivity index (χ0n) is 8.83. The van der Waals surface area contributed by atoms with E-state index in [-0.39, 0.29) is 18.2 Å². The monoisotopic (exact) mass is 199 g/mol. The second-order valence-electron chi connectivity index (χ2n) is 3.61. The van der Waals surface area contributed by atoms with Crippen molar-refractivity contribution in [2.24, 2.45) is 5.92 Å². The molecule has 0 rings (SSSR count). The second kappa shape index (κ2) is 4.79. The number of aliphatic carboxylic acids is 1. The van der Waals surface area contributed by atoms with E-state index in [1.807, 2.05) is 0 Å². The van der Waals surface area contributed by atoms with E-state index in [1.54, 1.807) is 13.8 Å². The van der Waals surface area contributed by atoms with Crippen molar-refractivity contribution >= 4 is 11.9 Å². The average Bonchev–Trinajstić information content (AvgIpc) is 2.01. The lowest BCUT2D eigenvalue weighted by Gasteiger charge is -2.32. The van der Waals surface area contributed by atoms with Crippen LogP contribution >= 0.6 is 0 Å². The maximum atomic E-state index is 11.1. The number of carboxylic acid groups (broad SMARTS) is 1. The Morgan fingerprint density at radius 1 is 1.57 bits per heavy atom. The maximum absolute atomic E-state index is 11.1. The molecular weight excluding hydrogens is 182 g/mol. The van der Waals surface area contributed by atoms with Crippen LogP contribution < -0.4 is 5.32 Å². The molecule has 0 aromatic rings. The number of nitrogens with one attached hydrogen (secondary N) is 1. The molecule has 0 aliphatic heterocycles. The molecule has 1 atom stereocenters. The minimum Gasteiger partial charge on any atom is -0.479 e. The predicted octanol–water partition coefficient (Wildman–Crippen LogP) is 1.18. The van der Waals surface area contributed by atoms with Gasteiger partial charge in [-0.2, -0.15) is 0 Å². The van der Waals surface area contributed by atoms with Crippen LogP contribution in [0.25, 0.3) is 0 Å². The van der Waals surface area contributed by atoms with Crippen molar-refractivity contribution in [3.63, 3.8) is 0 Å². The SMILES string of the molecule is C=CC[C@@](NC(C)=O)(C(=O)O)C(C)C. The van der Waals surface area contributed by atoms with Crippen LogP contribution in [0.4, 0.5) is 0 Å². The Hall–Kier alpha value is -1.32. The van der Waals surface area contributed by atoms with E-state index in [0.29, 0.717) is 0 Å². The highest BCUT2D eigenvalue weighted by Gasteiger charge is 2.41. The number of rotatable bonds is 5. The van der Waals surface area contributed by atoms with Gasteiger partial charge in [0.2, 0.25) is 5.91 Å². The molecule has 0 fully saturated rings. The standard InChI is InChI=1S/C10H17NO3/c1-5-6-10(7(2)3,9(13)14)11-8(4)12/h5,7H,1,6H2,2-4H3,(H,11,12)(H,13,14)/t10-/m0/s1. The lowest BCUT2D eigenvalue weighted by atomic mass is 9.83. The van der Waals surface area contributed by atoms with E-state index >= 15 is 0 Å². The highest BCUT2D eigenvalue weighted by atomic mass is 16.4.